The van der Waals surface area contributed by atoms with Gasteiger partial charge in [0, 0.05) is 6.42 Å². The van der Waals surface area contributed by atoms with Gasteiger partial charge in [-0.1, -0.05) is 13.3 Å². The first-order chi connectivity index (χ1) is 11.2. The fourth-order valence-electron chi connectivity index (χ4n) is 7.81. The molecule has 0 radical (unpaired) electrons. The summed E-state index contributed by atoms with van der Waals surface area (Å²) in [6.45, 7) is 4.27. The van der Waals surface area contributed by atoms with E-state index < -0.39 is 16.8 Å². The van der Waals surface area contributed by atoms with Crippen LogP contribution in [0.2, 0.25) is 0 Å². The smallest absolute Gasteiger partial charge is 0.309 e. The number of carboxylic acids is 1. The first-order valence-corrected chi connectivity index (χ1v) is 9.60. The second-order valence-electron chi connectivity index (χ2n) is 9.84. The van der Waals surface area contributed by atoms with Gasteiger partial charge in [-0.2, -0.15) is 0 Å². The Labute approximate surface area is 144 Å². The van der Waals surface area contributed by atoms with Crippen LogP contribution in [0.15, 0.2) is 0 Å². The van der Waals surface area contributed by atoms with Crippen LogP contribution in [-0.4, -0.2) is 28.6 Å². The molecule has 0 aromatic rings. The Kier molecular flexibility index (Phi) is 3.34. The first kappa shape index (κ1) is 16.6. The quantitative estimate of drug-likeness (QED) is 0.811. The van der Waals surface area contributed by atoms with Crippen molar-refractivity contribution in [2.45, 2.75) is 71.6 Å². The Hall–Kier alpha value is -0.900. The summed E-state index contributed by atoms with van der Waals surface area (Å²) >= 11 is 0. The molecule has 0 unspecified atom stereocenters. The molecule has 1 spiro atoms. The molecule has 24 heavy (non-hydrogen) atoms. The summed E-state index contributed by atoms with van der Waals surface area (Å²) in [7, 11) is 0. The molecule has 134 valence electrons. The van der Waals surface area contributed by atoms with Gasteiger partial charge in [0.25, 0.3) is 0 Å². The highest BCUT2D eigenvalue weighted by Gasteiger charge is 2.68. The van der Waals surface area contributed by atoms with E-state index in [9.17, 15) is 19.8 Å². The van der Waals surface area contributed by atoms with Crippen LogP contribution in [0.1, 0.15) is 71.6 Å². The van der Waals surface area contributed by atoms with Crippen molar-refractivity contribution in [1.82, 2.24) is 0 Å². The topological polar surface area (TPSA) is 74.6 Å². The van der Waals surface area contributed by atoms with Gasteiger partial charge in [0.15, 0.2) is 0 Å². The largest absolute Gasteiger partial charge is 0.481 e. The lowest BCUT2D eigenvalue weighted by molar-refractivity contribution is -0.184. The molecule has 0 aromatic heterocycles. The number of rotatable bonds is 2. The molecule has 4 rings (SSSR count). The molecular weight excluding hydrogens is 304 g/mol. The van der Waals surface area contributed by atoms with E-state index in [0.29, 0.717) is 12.3 Å². The van der Waals surface area contributed by atoms with Crippen molar-refractivity contribution in [3.05, 3.63) is 0 Å². The van der Waals surface area contributed by atoms with E-state index in [1.807, 2.05) is 6.92 Å². The lowest BCUT2D eigenvalue weighted by Gasteiger charge is -2.63. The summed E-state index contributed by atoms with van der Waals surface area (Å²) in [5.41, 5.74) is -1.05. The zero-order chi connectivity index (χ0) is 17.4. The first-order valence-electron chi connectivity index (χ1n) is 9.60. The van der Waals surface area contributed by atoms with Crippen LogP contribution in [0.5, 0.6) is 0 Å². The molecule has 6 atom stereocenters. The van der Waals surface area contributed by atoms with Crippen LogP contribution in [0.4, 0.5) is 0 Å². The van der Waals surface area contributed by atoms with Crippen LogP contribution >= 0.6 is 0 Å². The number of ketones is 1. The maximum atomic E-state index is 12.7. The van der Waals surface area contributed by atoms with Gasteiger partial charge in [0.1, 0.15) is 5.78 Å². The number of carboxylic acid groups (broad SMARTS) is 1. The van der Waals surface area contributed by atoms with E-state index in [4.69, 9.17) is 0 Å². The molecule has 0 aliphatic heterocycles. The summed E-state index contributed by atoms with van der Waals surface area (Å²) in [5, 5.41) is 19.8. The maximum absolute atomic E-state index is 12.7. The van der Waals surface area contributed by atoms with Gasteiger partial charge in [-0.25, -0.2) is 0 Å². The van der Waals surface area contributed by atoms with Crippen LogP contribution in [0.3, 0.4) is 0 Å². The van der Waals surface area contributed by atoms with Crippen molar-refractivity contribution in [2.75, 3.05) is 6.61 Å². The maximum Gasteiger partial charge on any atom is 0.309 e. The fourth-order valence-corrected chi connectivity index (χ4v) is 7.81. The fraction of sp³-hybridized carbons (Fsp3) is 0.900. The average molecular weight is 334 g/mol. The molecule has 4 fully saturated rings. The predicted molar refractivity (Wildman–Crippen MR) is 89.3 cm³/mol. The summed E-state index contributed by atoms with van der Waals surface area (Å²) in [5.74, 6) is 0.279. The van der Waals surface area contributed by atoms with Gasteiger partial charge >= 0.3 is 5.97 Å². The van der Waals surface area contributed by atoms with E-state index >= 15 is 0 Å². The van der Waals surface area contributed by atoms with Crippen LogP contribution in [-0.2, 0) is 9.59 Å². The number of fused-ring (bicyclic) bond motifs is 3. The average Bonchev–Trinajstić information content (AvgIpc) is 2.73. The summed E-state index contributed by atoms with van der Waals surface area (Å²) in [6, 6.07) is 0. The Morgan fingerprint density at radius 2 is 1.83 bits per heavy atom. The standard InChI is InChI=1S/C20H30O4/c1-17-6-3-7-18(2,16(23)24)13(17)4-8-19-10-15(22)20(11-19,12-21)9-5-14(17)19/h13-14,21H,3-12H2,1-2H3,(H,23,24)/t13-,14-,17+,18+,19-,20-/m0/s1. The summed E-state index contributed by atoms with van der Waals surface area (Å²) < 4.78 is 0. The lowest BCUT2D eigenvalue weighted by Crippen LogP contribution is -2.58. The number of aliphatic carboxylic acids is 1. The third-order valence-electron chi connectivity index (χ3n) is 8.94. The van der Waals surface area contributed by atoms with E-state index in [1.165, 1.54) is 0 Å². The third kappa shape index (κ3) is 1.79. The van der Waals surface area contributed by atoms with Gasteiger partial charge in [-0.15, -0.1) is 0 Å². The molecule has 4 heteroatoms. The molecule has 4 aliphatic carbocycles. The van der Waals surface area contributed by atoms with Crippen LogP contribution in [0, 0.1) is 33.5 Å². The van der Waals surface area contributed by atoms with Gasteiger partial charge < -0.3 is 10.2 Å². The molecule has 2 N–H and O–H groups in total. The van der Waals surface area contributed by atoms with Gasteiger partial charge in [-0.05, 0) is 74.5 Å². The van der Waals surface area contributed by atoms with Crippen LogP contribution < -0.4 is 0 Å². The molecule has 4 saturated carbocycles. The number of hydrogen-bond acceptors (Lipinski definition) is 3. The van der Waals surface area contributed by atoms with E-state index in [-0.39, 0.29) is 29.1 Å². The van der Waals surface area contributed by atoms with Crippen molar-refractivity contribution in [1.29, 1.82) is 0 Å². The van der Waals surface area contributed by atoms with Crippen molar-refractivity contribution >= 4 is 11.8 Å². The highest BCUT2D eigenvalue weighted by molar-refractivity contribution is 5.88. The SMILES string of the molecule is C[C@@]12CCC[C@@](C)(C(=O)O)[C@H]1CC[C@@]13CC(=O)[C@@](CO)(CC[C@H]12)C3. The predicted octanol–water partition coefficient (Wildman–Crippen LogP) is 3.42. The normalized spacial score (nSPS) is 53.4. The molecule has 0 amide bonds. The molecule has 2 bridgehead atoms. The number of aliphatic hydroxyl groups is 1. The second kappa shape index (κ2) is 4.84. The minimum atomic E-state index is -0.641. The summed E-state index contributed by atoms with van der Waals surface area (Å²) in [4.78, 5) is 24.8. The minimum absolute atomic E-state index is 0.00666. The highest BCUT2D eigenvalue weighted by Crippen LogP contribution is 2.72. The Morgan fingerprint density at radius 3 is 2.50 bits per heavy atom. The zero-order valence-corrected chi connectivity index (χ0v) is 14.9. The number of aliphatic hydroxyl groups excluding tert-OH is 1. The van der Waals surface area contributed by atoms with Crippen molar-refractivity contribution in [3.8, 4) is 0 Å². The lowest BCUT2D eigenvalue weighted by atomic mass is 9.40. The number of hydrogen-bond donors (Lipinski definition) is 2. The summed E-state index contributed by atoms with van der Waals surface area (Å²) in [6.07, 6.45) is 7.96. The molecule has 4 nitrogen and oxygen atoms in total. The molecule has 0 saturated heterocycles. The van der Waals surface area contributed by atoms with E-state index in [1.54, 1.807) is 0 Å². The highest BCUT2D eigenvalue weighted by atomic mass is 16.4. The number of carbonyl (C=O) groups excluding carboxylic acids is 1. The monoisotopic (exact) mass is 334 g/mol. The minimum Gasteiger partial charge on any atom is -0.481 e. The zero-order valence-electron chi connectivity index (χ0n) is 14.9. The third-order valence-corrected chi connectivity index (χ3v) is 8.94. The Morgan fingerprint density at radius 1 is 1.12 bits per heavy atom. The Balaban J connectivity index is 1.74. The molecule has 4 aliphatic rings. The van der Waals surface area contributed by atoms with Crippen molar-refractivity contribution in [2.24, 2.45) is 33.5 Å². The molecule has 0 heterocycles. The van der Waals surface area contributed by atoms with E-state index in [0.717, 1.165) is 51.4 Å². The van der Waals surface area contributed by atoms with E-state index in [2.05, 4.69) is 6.92 Å². The van der Waals surface area contributed by atoms with Crippen molar-refractivity contribution in [3.63, 3.8) is 0 Å². The number of Topliss-reactive ketones (excluding diaryl/α,β-unsaturated/α-hetero) is 1. The molecular formula is C20H30O4. The number of carbonyl (C=O) groups is 2. The van der Waals surface area contributed by atoms with Gasteiger partial charge in [0.2, 0.25) is 0 Å². The van der Waals surface area contributed by atoms with Crippen LogP contribution in [0.25, 0.3) is 0 Å². The molecule has 0 aromatic carbocycles. The Bertz CT molecular complexity index is 600. The van der Waals surface area contributed by atoms with Gasteiger partial charge in [-0.3, -0.25) is 9.59 Å². The van der Waals surface area contributed by atoms with Crippen molar-refractivity contribution < 1.29 is 19.8 Å². The van der Waals surface area contributed by atoms with Gasteiger partial charge in [0.05, 0.1) is 17.4 Å². The second-order valence-corrected chi connectivity index (χ2v) is 9.84.